The van der Waals surface area contributed by atoms with Gasteiger partial charge in [-0.2, -0.15) is 0 Å². The number of nitrogens with zero attached hydrogens (tertiary/aromatic N) is 1. The van der Waals surface area contributed by atoms with Gasteiger partial charge in [0.1, 0.15) is 0 Å². The molecule has 1 fully saturated rings. The molecule has 1 aliphatic rings. The summed E-state index contributed by atoms with van der Waals surface area (Å²) in [6.07, 6.45) is 4.01. The topological polar surface area (TPSA) is 95.7 Å². The van der Waals surface area contributed by atoms with Crippen LogP contribution in [0.15, 0.2) is 12.7 Å². The second-order valence-electron chi connectivity index (χ2n) is 5.10. The third kappa shape index (κ3) is 4.94. The third-order valence-electron chi connectivity index (χ3n) is 3.55. The number of aliphatic hydroxyl groups excluding tert-OH is 1. The highest BCUT2D eigenvalue weighted by molar-refractivity contribution is 5.83. The predicted molar refractivity (Wildman–Crippen MR) is 76.8 cm³/mol. The number of amides is 2. The van der Waals surface area contributed by atoms with Crippen LogP contribution in [0, 0.1) is 5.92 Å². The summed E-state index contributed by atoms with van der Waals surface area (Å²) < 4.78 is 0. The Bertz CT molecular complexity index is 339. The normalized spacial score (nSPS) is 17.6. The maximum absolute atomic E-state index is 12.0. The summed E-state index contributed by atoms with van der Waals surface area (Å²) in [6.45, 7) is 5.30. The molecule has 0 bridgehead atoms. The molecular formula is C14H25N3O3. The molecule has 1 atom stereocenters. The van der Waals surface area contributed by atoms with Crippen LogP contribution < -0.4 is 11.1 Å². The minimum atomic E-state index is -0.526. The molecule has 0 aromatic rings. The van der Waals surface area contributed by atoms with Gasteiger partial charge in [-0.3, -0.25) is 9.59 Å². The summed E-state index contributed by atoms with van der Waals surface area (Å²) >= 11 is 0. The molecule has 0 radical (unpaired) electrons. The predicted octanol–water partition coefficient (Wildman–Crippen LogP) is -0.373. The molecule has 0 aliphatic carbocycles. The third-order valence-corrected chi connectivity index (χ3v) is 3.55. The van der Waals surface area contributed by atoms with E-state index in [9.17, 15) is 9.59 Å². The SMILES string of the molecule is C=CCC(N)C(=O)N1CCC(C(=O)NCCCO)CC1. The number of hydrogen-bond acceptors (Lipinski definition) is 4. The quantitative estimate of drug-likeness (QED) is 0.439. The van der Waals surface area contributed by atoms with Crippen LogP contribution in [0.25, 0.3) is 0 Å². The molecule has 6 nitrogen and oxygen atoms in total. The fraction of sp³-hybridized carbons (Fsp3) is 0.714. The zero-order valence-corrected chi connectivity index (χ0v) is 11.9. The van der Waals surface area contributed by atoms with Gasteiger partial charge in [-0.05, 0) is 25.7 Å². The van der Waals surface area contributed by atoms with Crippen molar-refractivity contribution in [1.82, 2.24) is 10.2 Å². The number of carbonyl (C=O) groups is 2. The van der Waals surface area contributed by atoms with Gasteiger partial charge in [0.25, 0.3) is 0 Å². The maximum atomic E-state index is 12.0. The van der Waals surface area contributed by atoms with E-state index in [1.807, 2.05) is 0 Å². The van der Waals surface area contributed by atoms with E-state index in [2.05, 4.69) is 11.9 Å². The molecule has 114 valence electrons. The molecule has 20 heavy (non-hydrogen) atoms. The van der Waals surface area contributed by atoms with Gasteiger partial charge in [-0.1, -0.05) is 6.08 Å². The van der Waals surface area contributed by atoms with Gasteiger partial charge in [-0.15, -0.1) is 6.58 Å². The standard InChI is InChI=1S/C14H25N3O3/c1-2-4-12(15)14(20)17-8-5-11(6-9-17)13(19)16-7-3-10-18/h2,11-12,18H,1,3-10,15H2,(H,16,19). The molecular weight excluding hydrogens is 258 g/mol. The highest BCUT2D eigenvalue weighted by atomic mass is 16.3. The van der Waals surface area contributed by atoms with E-state index in [0.29, 0.717) is 45.3 Å². The molecule has 0 spiro atoms. The highest BCUT2D eigenvalue weighted by Crippen LogP contribution is 2.18. The fourth-order valence-electron chi connectivity index (χ4n) is 2.31. The Morgan fingerprint density at radius 1 is 1.45 bits per heavy atom. The van der Waals surface area contributed by atoms with Gasteiger partial charge in [0.05, 0.1) is 6.04 Å². The van der Waals surface area contributed by atoms with Gasteiger partial charge < -0.3 is 21.1 Å². The fourth-order valence-corrected chi connectivity index (χ4v) is 2.31. The Morgan fingerprint density at radius 2 is 2.10 bits per heavy atom. The molecule has 1 saturated heterocycles. The van der Waals surface area contributed by atoms with Crippen LogP contribution in [-0.4, -0.2) is 54.1 Å². The number of likely N-dealkylation sites (tertiary alicyclic amines) is 1. The summed E-state index contributed by atoms with van der Waals surface area (Å²) in [5.74, 6) is -0.0988. The average molecular weight is 283 g/mol. The highest BCUT2D eigenvalue weighted by Gasteiger charge is 2.28. The Kier molecular flexibility index (Phi) is 7.25. The van der Waals surface area contributed by atoms with Crippen molar-refractivity contribution in [3.8, 4) is 0 Å². The summed E-state index contributed by atoms with van der Waals surface area (Å²) in [5, 5.41) is 11.5. The maximum Gasteiger partial charge on any atom is 0.239 e. The van der Waals surface area contributed by atoms with Crippen molar-refractivity contribution >= 4 is 11.8 Å². The second-order valence-corrected chi connectivity index (χ2v) is 5.10. The van der Waals surface area contributed by atoms with Crippen molar-refractivity contribution in [2.24, 2.45) is 11.7 Å². The number of rotatable bonds is 7. The lowest BCUT2D eigenvalue weighted by Gasteiger charge is -2.32. The van der Waals surface area contributed by atoms with Crippen LogP contribution in [-0.2, 0) is 9.59 Å². The molecule has 2 amide bonds. The lowest BCUT2D eigenvalue weighted by Crippen LogP contribution is -2.48. The lowest BCUT2D eigenvalue weighted by molar-refractivity contribution is -0.136. The largest absolute Gasteiger partial charge is 0.396 e. The van der Waals surface area contributed by atoms with Crippen LogP contribution in [0.4, 0.5) is 0 Å². The Labute approximate surface area is 120 Å². The second kappa shape index (κ2) is 8.71. The first-order valence-corrected chi connectivity index (χ1v) is 7.14. The molecule has 0 aromatic heterocycles. The van der Waals surface area contributed by atoms with E-state index in [0.717, 1.165) is 0 Å². The van der Waals surface area contributed by atoms with E-state index >= 15 is 0 Å². The van der Waals surface area contributed by atoms with E-state index in [1.54, 1.807) is 11.0 Å². The number of nitrogens with one attached hydrogen (secondary N) is 1. The Balaban J connectivity index is 2.33. The Hall–Kier alpha value is -1.40. The molecule has 0 saturated carbocycles. The summed E-state index contributed by atoms with van der Waals surface area (Å²) in [6, 6.07) is -0.526. The van der Waals surface area contributed by atoms with Gasteiger partial charge >= 0.3 is 0 Å². The van der Waals surface area contributed by atoms with E-state index in [-0.39, 0.29) is 24.3 Å². The molecule has 4 N–H and O–H groups in total. The molecule has 1 heterocycles. The first kappa shape index (κ1) is 16.7. The summed E-state index contributed by atoms with van der Waals surface area (Å²) in [5.41, 5.74) is 5.77. The molecule has 6 heteroatoms. The number of nitrogens with two attached hydrogens (primary N) is 1. The van der Waals surface area contributed by atoms with Crippen molar-refractivity contribution < 1.29 is 14.7 Å². The van der Waals surface area contributed by atoms with E-state index in [4.69, 9.17) is 10.8 Å². The van der Waals surface area contributed by atoms with Gasteiger partial charge in [0.15, 0.2) is 0 Å². The smallest absolute Gasteiger partial charge is 0.239 e. The minimum Gasteiger partial charge on any atom is -0.396 e. The van der Waals surface area contributed by atoms with Crippen LogP contribution in [0.5, 0.6) is 0 Å². The minimum absolute atomic E-state index is 0.0148. The molecule has 1 aliphatic heterocycles. The number of carbonyl (C=O) groups excluding carboxylic acids is 2. The molecule has 0 aromatic carbocycles. The average Bonchev–Trinajstić information content (AvgIpc) is 2.47. The zero-order valence-electron chi connectivity index (χ0n) is 11.9. The number of hydrogen-bond donors (Lipinski definition) is 3. The summed E-state index contributed by atoms with van der Waals surface area (Å²) in [7, 11) is 0. The van der Waals surface area contributed by atoms with Gasteiger partial charge in [0, 0.05) is 32.2 Å². The first-order chi connectivity index (χ1) is 9.60. The molecule has 1 rings (SSSR count). The lowest BCUT2D eigenvalue weighted by atomic mass is 9.95. The first-order valence-electron chi connectivity index (χ1n) is 7.14. The van der Waals surface area contributed by atoms with Crippen molar-refractivity contribution in [2.45, 2.75) is 31.7 Å². The van der Waals surface area contributed by atoms with Crippen LogP contribution in [0.2, 0.25) is 0 Å². The zero-order chi connectivity index (χ0) is 15.0. The van der Waals surface area contributed by atoms with Crippen molar-refractivity contribution in [2.75, 3.05) is 26.2 Å². The summed E-state index contributed by atoms with van der Waals surface area (Å²) in [4.78, 5) is 25.6. The van der Waals surface area contributed by atoms with Crippen molar-refractivity contribution in [3.63, 3.8) is 0 Å². The van der Waals surface area contributed by atoms with Gasteiger partial charge in [0.2, 0.25) is 11.8 Å². The van der Waals surface area contributed by atoms with Crippen LogP contribution in [0.1, 0.15) is 25.7 Å². The monoisotopic (exact) mass is 283 g/mol. The van der Waals surface area contributed by atoms with Crippen molar-refractivity contribution in [1.29, 1.82) is 0 Å². The number of aliphatic hydroxyl groups is 1. The van der Waals surface area contributed by atoms with Crippen LogP contribution >= 0.6 is 0 Å². The van der Waals surface area contributed by atoms with Crippen molar-refractivity contribution in [3.05, 3.63) is 12.7 Å². The number of piperidine rings is 1. The van der Waals surface area contributed by atoms with E-state index < -0.39 is 6.04 Å². The van der Waals surface area contributed by atoms with Crippen LogP contribution in [0.3, 0.4) is 0 Å². The van der Waals surface area contributed by atoms with E-state index in [1.165, 1.54) is 0 Å². The Morgan fingerprint density at radius 3 is 2.65 bits per heavy atom. The van der Waals surface area contributed by atoms with Gasteiger partial charge in [-0.25, -0.2) is 0 Å². The molecule has 1 unspecified atom stereocenters.